The van der Waals surface area contributed by atoms with Gasteiger partial charge in [0.15, 0.2) is 0 Å². The molecule has 2 heterocycles. The van der Waals surface area contributed by atoms with E-state index >= 15 is 0 Å². The summed E-state index contributed by atoms with van der Waals surface area (Å²) in [5, 5.41) is 0. The third-order valence-corrected chi connectivity index (χ3v) is 33.8. The van der Waals surface area contributed by atoms with E-state index in [0.717, 1.165) is 26.7 Å². The molecular formula is C102H144Cl4N4O2PRu2-. The second-order valence-corrected chi connectivity index (χ2v) is 49.3. The van der Waals surface area contributed by atoms with Crippen LogP contribution < -0.4 is 19.3 Å². The standard InChI is InChI=1S/2C24H37N2.C18H33P.C15H10.C11H14O.C10H12O.4ClH.2Ru/c2*1-20-17-21(2)24(22(3)18-20)26-16-15-25(19-26)23-13-11-9-7-5-4-6-8-10-12-14-23;1-4-10-16(11-5-1)19(17-12-6-2-7-13-17)18-14-8-3-9-15-18;1-2-6-12(7-3-1)15-11-10-13-8-4-5-9-14(13)15;1-4-10-7-5-6-8-11(10)12-9(2)3;1-8(2)11-10-7-5-4-6-9(10)3;;;;;;/h2*15-19,23H,4-14H2,1-3H3;16-18H,1-15H2;1-9,11H;4-9H,1H2,2-3H3;3-8H,1-2H3;4*1H;;/q2*-1;;;;;;;;;2*+2/p-3. The minimum atomic E-state index is -1.88. The molecule has 0 bridgehead atoms. The van der Waals surface area contributed by atoms with Crippen LogP contribution >= 0.6 is 46.7 Å². The van der Waals surface area contributed by atoms with E-state index in [4.69, 9.17) is 48.2 Å². The van der Waals surface area contributed by atoms with Crippen LogP contribution in [0.2, 0.25) is 0 Å². The summed E-state index contributed by atoms with van der Waals surface area (Å²) >= 11 is -3.65. The van der Waals surface area contributed by atoms with Crippen LogP contribution in [0.4, 0.5) is 11.4 Å². The van der Waals surface area contributed by atoms with Gasteiger partial charge in [-0.05, 0) is 211 Å². The predicted octanol–water partition coefficient (Wildman–Crippen LogP) is 31.4. The van der Waals surface area contributed by atoms with E-state index in [2.05, 4.69) is 167 Å². The molecule has 0 N–H and O–H groups in total. The molecule has 5 fully saturated rings. The summed E-state index contributed by atoms with van der Waals surface area (Å²) in [4.78, 5) is 9.65. The van der Waals surface area contributed by atoms with E-state index in [1.54, 1.807) is 102 Å². The second kappa shape index (κ2) is 52.1. The van der Waals surface area contributed by atoms with Gasteiger partial charge in [0.25, 0.3) is 0 Å². The first-order valence-electron chi connectivity index (χ1n) is 44.8. The van der Waals surface area contributed by atoms with Gasteiger partial charge in [-0.1, -0.05) is 201 Å². The Morgan fingerprint density at radius 1 is 0.400 bits per heavy atom. The molecule has 0 saturated heterocycles. The quantitative estimate of drug-likeness (QED) is 0.0614. The third-order valence-electron chi connectivity index (χ3n) is 24.3. The van der Waals surface area contributed by atoms with Crippen LogP contribution in [0.25, 0.3) is 11.6 Å². The summed E-state index contributed by atoms with van der Waals surface area (Å²) in [6.07, 6.45) is 68.1. The predicted molar refractivity (Wildman–Crippen MR) is 502 cm³/mol. The average molecular weight is 1830 g/mol. The van der Waals surface area contributed by atoms with E-state index < -0.39 is 27.0 Å². The summed E-state index contributed by atoms with van der Waals surface area (Å²) in [7, 11) is 24.0. The van der Waals surface area contributed by atoms with Gasteiger partial charge in [0.1, 0.15) is 5.75 Å². The average Bonchev–Trinajstić information content (AvgIpc) is 1.55. The number of aryl methyl sites for hydroxylation is 6. The molecule has 0 radical (unpaired) electrons. The summed E-state index contributed by atoms with van der Waals surface area (Å²) < 4.78 is 14.2. The van der Waals surface area contributed by atoms with Crippen LogP contribution in [0.5, 0.6) is 11.5 Å². The van der Waals surface area contributed by atoms with E-state index in [9.17, 15) is 0 Å². The maximum absolute atomic E-state index is 6.19. The number of anilines is 2. The van der Waals surface area contributed by atoms with Crippen molar-refractivity contribution in [1.82, 2.24) is 9.80 Å². The van der Waals surface area contributed by atoms with Crippen molar-refractivity contribution in [1.29, 1.82) is 0 Å². The molecule has 5 saturated carbocycles. The van der Waals surface area contributed by atoms with Crippen molar-refractivity contribution in [2.45, 2.75) is 348 Å². The molecule has 0 spiro atoms. The van der Waals surface area contributed by atoms with Crippen LogP contribution in [-0.4, -0.2) is 59.8 Å². The zero-order valence-corrected chi connectivity index (χ0v) is 79.6. The van der Waals surface area contributed by atoms with E-state index in [0.29, 0.717) is 12.1 Å². The van der Waals surface area contributed by atoms with Crippen LogP contribution in [0.15, 0.2) is 165 Å². The van der Waals surface area contributed by atoms with Crippen LogP contribution in [0.1, 0.15) is 326 Å². The van der Waals surface area contributed by atoms with Gasteiger partial charge in [-0.25, -0.2) is 0 Å². The van der Waals surface area contributed by atoms with Gasteiger partial charge < -0.3 is 24.3 Å². The molecule has 0 atom stereocenters. The molecule has 14 rings (SSSR count). The number of hydrogen-bond acceptors (Lipinski definition) is 6. The van der Waals surface area contributed by atoms with Crippen molar-refractivity contribution in [2.24, 2.45) is 0 Å². The van der Waals surface area contributed by atoms with Gasteiger partial charge in [-0.2, -0.15) is 13.3 Å². The Labute approximate surface area is 727 Å². The molecule has 8 aliphatic rings. The molecular weight excluding hydrogens is 1690 g/mol. The van der Waals surface area contributed by atoms with Crippen molar-refractivity contribution in [3.05, 3.63) is 239 Å². The number of allylic oxidation sites excluding steroid dienone is 1. The number of nitrogens with zero attached hydrogens (tertiary/aromatic N) is 4. The number of fused-ring (bicyclic) bond motifs is 1. The maximum atomic E-state index is 6.19. The number of benzene rings is 6. The van der Waals surface area contributed by atoms with E-state index in [-0.39, 0.29) is 20.1 Å². The van der Waals surface area contributed by atoms with Crippen molar-refractivity contribution < 1.29 is 36.5 Å². The van der Waals surface area contributed by atoms with Gasteiger partial charge in [0.2, 0.25) is 0 Å². The SMILES string of the molecule is C1CCC([PH+](C2CCCCC2)C2CCCCC2)CC1.C=Cc1ccccc1OC(C)C.CC(C)Oc1ccccc1[CH]=[Ru]([Cl])[Cl].Cc1cc(C)c(N2C=CN(C3CCCCCCCCCCC3)[CH-]2)c(C)c1.Cc1cc(C)c(N2C=CN(C3CCCCCCCCCCC3)[CH-]2)c(C)c1.[Cl][Ru]([Cl])=[C]1C=C(c2ccccc2)c2ccccc21. The van der Waals surface area contributed by atoms with Crippen molar-refractivity contribution in [3.63, 3.8) is 0 Å². The zero-order chi connectivity index (χ0) is 81.7. The van der Waals surface area contributed by atoms with Crippen LogP contribution in [0, 0.1) is 54.9 Å². The fourth-order valence-electron chi connectivity index (χ4n) is 19.0. The van der Waals surface area contributed by atoms with Gasteiger partial charge >= 0.3 is 218 Å². The molecule has 634 valence electrons. The minimum absolute atomic E-state index is 0.0465. The monoisotopic (exact) mass is 1830 g/mol. The molecule has 2 aliphatic heterocycles. The normalized spacial score (nSPS) is 18.9. The molecule has 115 heavy (non-hydrogen) atoms. The first kappa shape index (κ1) is 94.5. The number of ether oxygens (including phenoxy) is 2. The van der Waals surface area contributed by atoms with Gasteiger partial charge in [0.05, 0.1) is 23.1 Å². The Hall–Kier alpha value is -4.34. The molecule has 6 aliphatic carbocycles. The third kappa shape index (κ3) is 31.6. The van der Waals surface area contributed by atoms with E-state index in [1.165, 1.54) is 225 Å². The fraction of sp³-hybridized carbons (Fsp3) is 0.529. The molecule has 6 aromatic carbocycles. The molecule has 6 aromatic rings. The van der Waals surface area contributed by atoms with Crippen molar-refractivity contribution >= 4 is 78.4 Å². The van der Waals surface area contributed by atoms with Gasteiger partial charge in [0, 0.05) is 36.9 Å². The molecule has 0 aromatic heterocycles. The summed E-state index contributed by atoms with van der Waals surface area (Å²) in [5.41, 5.74) is 21.4. The Kier molecular flexibility index (Phi) is 42.8. The topological polar surface area (TPSA) is 31.4 Å². The fourth-order valence-corrected chi connectivity index (χ4v) is 28.5. The summed E-state index contributed by atoms with van der Waals surface area (Å²) in [5.74, 6) is 1.75. The second-order valence-electron chi connectivity index (χ2n) is 34.3. The van der Waals surface area contributed by atoms with Gasteiger partial charge in [-0.3, -0.25) is 0 Å². The number of hydrogen-bond donors (Lipinski definition) is 0. The van der Waals surface area contributed by atoms with Gasteiger partial charge in [-0.15, -0.1) is 0 Å². The molecule has 6 nitrogen and oxygen atoms in total. The van der Waals surface area contributed by atoms with E-state index in [1.807, 2.05) is 105 Å². The Morgan fingerprint density at radius 2 is 0.722 bits per heavy atom. The zero-order valence-electron chi connectivity index (χ0n) is 72.1. The number of halogens is 4. The Morgan fingerprint density at radius 3 is 1.09 bits per heavy atom. The van der Waals surface area contributed by atoms with Crippen molar-refractivity contribution in [3.8, 4) is 11.5 Å². The molecule has 13 heteroatoms. The summed E-state index contributed by atoms with van der Waals surface area (Å²) in [6, 6.07) is 44.9. The molecule has 0 unspecified atom stereocenters. The Bertz CT molecular complexity index is 3800. The first-order valence-corrected chi connectivity index (χ1v) is 57.3. The molecule has 0 amide bonds. The number of para-hydroxylation sites is 2. The van der Waals surface area contributed by atoms with Crippen LogP contribution in [0.3, 0.4) is 0 Å². The summed E-state index contributed by atoms with van der Waals surface area (Å²) in [6.45, 7) is 29.7. The number of rotatable bonds is 14. The Balaban J connectivity index is 0.000000161. The first-order chi connectivity index (χ1) is 55.8. The van der Waals surface area contributed by atoms with Crippen LogP contribution in [-0.2, 0) is 27.0 Å². The van der Waals surface area contributed by atoms with Crippen molar-refractivity contribution in [2.75, 3.05) is 9.80 Å².